The first kappa shape index (κ1) is 13.6. The third kappa shape index (κ3) is 4.13. The Morgan fingerprint density at radius 1 is 1.35 bits per heavy atom. The molecule has 0 saturated carbocycles. The van der Waals surface area contributed by atoms with Crippen LogP contribution in [-0.4, -0.2) is 12.4 Å². The van der Waals surface area contributed by atoms with Crippen molar-refractivity contribution in [3.05, 3.63) is 29.8 Å². The molecule has 0 heterocycles. The lowest BCUT2D eigenvalue weighted by Crippen LogP contribution is -2.10. The maximum Gasteiger partial charge on any atom is 0.387 e. The van der Waals surface area contributed by atoms with Crippen molar-refractivity contribution in [3.8, 4) is 5.75 Å². The van der Waals surface area contributed by atoms with Crippen LogP contribution < -0.4 is 4.74 Å². The van der Waals surface area contributed by atoms with Crippen molar-refractivity contribution in [2.75, 3.05) is 0 Å². The van der Waals surface area contributed by atoms with Crippen molar-refractivity contribution in [1.29, 1.82) is 0 Å². The maximum atomic E-state index is 12.2. The minimum absolute atomic E-state index is 0.0456. The van der Waals surface area contributed by atoms with Crippen LogP contribution >= 0.6 is 0 Å². The maximum absolute atomic E-state index is 12.2. The number of hydrogen-bond acceptors (Lipinski definition) is 2. The topological polar surface area (TPSA) is 26.3 Å². The highest BCUT2D eigenvalue weighted by molar-refractivity contribution is 5.98. The summed E-state index contributed by atoms with van der Waals surface area (Å²) in [6.07, 6.45) is 1.23. The molecule has 94 valence electrons. The zero-order chi connectivity index (χ0) is 12.8. The lowest BCUT2D eigenvalue weighted by atomic mass is 9.97. The normalized spacial score (nSPS) is 12.5. The van der Waals surface area contributed by atoms with Gasteiger partial charge in [0.15, 0.2) is 5.78 Å². The van der Waals surface area contributed by atoms with Crippen LogP contribution in [0.3, 0.4) is 0 Å². The summed E-state index contributed by atoms with van der Waals surface area (Å²) in [5.41, 5.74) is 0.230. The number of hydrogen-bond donors (Lipinski definition) is 0. The molecule has 2 nitrogen and oxygen atoms in total. The molecule has 0 bridgehead atoms. The van der Waals surface area contributed by atoms with Gasteiger partial charge in [0.25, 0.3) is 0 Å². The fraction of sp³-hybridized carbons (Fsp3) is 0.462. The van der Waals surface area contributed by atoms with E-state index in [2.05, 4.69) is 4.74 Å². The van der Waals surface area contributed by atoms with E-state index in [-0.39, 0.29) is 23.0 Å². The molecule has 17 heavy (non-hydrogen) atoms. The Balaban J connectivity index is 2.85. The summed E-state index contributed by atoms with van der Waals surface area (Å²) < 4.78 is 28.6. The van der Waals surface area contributed by atoms with Crippen LogP contribution in [0.2, 0.25) is 0 Å². The zero-order valence-electron chi connectivity index (χ0n) is 9.95. The number of benzene rings is 1. The number of halogens is 2. The molecule has 4 heteroatoms. The Hall–Kier alpha value is -1.45. The highest BCUT2D eigenvalue weighted by Crippen LogP contribution is 2.23. The summed E-state index contributed by atoms with van der Waals surface area (Å²) in [7, 11) is 0. The highest BCUT2D eigenvalue weighted by Gasteiger charge is 2.16. The third-order valence-electron chi connectivity index (χ3n) is 2.63. The number of rotatable bonds is 6. The van der Waals surface area contributed by atoms with Crippen LogP contribution in [0.25, 0.3) is 0 Å². The van der Waals surface area contributed by atoms with E-state index in [0.29, 0.717) is 6.42 Å². The van der Waals surface area contributed by atoms with E-state index in [1.165, 1.54) is 12.1 Å². The highest BCUT2D eigenvalue weighted by atomic mass is 19.3. The zero-order valence-corrected chi connectivity index (χ0v) is 9.95. The number of Topliss-reactive ketones (excluding diaryl/α,β-unsaturated/α-hetero) is 1. The van der Waals surface area contributed by atoms with E-state index in [4.69, 9.17) is 0 Å². The van der Waals surface area contributed by atoms with Gasteiger partial charge < -0.3 is 4.74 Å². The average molecular weight is 242 g/mol. The molecule has 1 unspecified atom stereocenters. The summed E-state index contributed by atoms with van der Waals surface area (Å²) in [6.45, 7) is 1.03. The summed E-state index contributed by atoms with van der Waals surface area (Å²) >= 11 is 0. The molecule has 0 amide bonds. The van der Waals surface area contributed by atoms with E-state index in [1.807, 2.05) is 13.8 Å². The Bertz CT molecular complexity index is 377. The second kappa shape index (κ2) is 6.33. The number of ether oxygens (including phenoxy) is 1. The molecule has 1 atom stereocenters. The van der Waals surface area contributed by atoms with Gasteiger partial charge in [0.2, 0.25) is 0 Å². The molecule has 0 N–H and O–H groups in total. The van der Waals surface area contributed by atoms with E-state index < -0.39 is 6.61 Å². The van der Waals surface area contributed by atoms with Crippen LogP contribution in [0.5, 0.6) is 5.75 Å². The van der Waals surface area contributed by atoms with E-state index in [1.54, 1.807) is 12.1 Å². The van der Waals surface area contributed by atoms with Gasteiger partial charge in [-0.05, 0) is 18.1 Å². The van der Waals surface area contributed by atoms with Gasteiger partial charge in [0.05, 0.1) is 5.56 Å². The van der Waals surface area contributed by atoms with Crippen LogP contribution in [-0.2, 0) is 0 Å². The molecule has 0 aromatic heterocycles. The van der Waals surface area contributed by atoms with E-state index in [0.717, 1.165) is 6.42 Å². The Morgan fingerprint density at radius 3 is 2.59 bits per heavy atom. The number of carbonyl (C=O) groups excluding carboxylic acids is 1. The molecular weight excluding hydrogens is 226 g/mol. The van der Waals surface area contributed by atoms with Gasteiger partial charge in [0.1, 0.15) is 5.75 Å². The second-order valence-electron chi connectivity index (χ2n) is 4.02. The smallest absolute Gasteiger partial charge is 0.387 e. The Morgan fingerprint density at radius 2 is 2.00 bits per heavy atom. The molecular formula is C13H16F2O2. The van der Waals surface area contributed by atoms with Crippen LogP contribution in [0.4, 0.5) is 8.78 Å². The average Bonchev–Trinajstić information content (AvgIpc) is 2.28. The first-order chi connectivity index (χ1) is 8.04. The number of carbonyl (C=O) groups is 1. The van der Waals surface area contributed by atoms with Crippen LogP contribution in [0, 0.1) is 5.92 Å². The molecule has 0 aliphatic carbocycles. The lowest BCUT2D eigenvalue weighted by Gasteiger charge is -2.11. The number of alkyl halides is 2. The minimum Gasteiger partial charge on any atom is -0.434 e. The molecule has 1 aromatic carbocycles. The van der Waals surface area contributed by atoms with Crippen molar-refractivity contribution >= 4 is 5.78 Å². The summed E-state index contributed by atoms with van der Waals surface area (Å²) in [5.74, 6) is 0.0357. The predicted octanol–water partition coefficient (Wildman–Crippen LogP) is 3.91. The minimum atomic E-state index is -2.91. The van der Waals surface area contributed by atoms with Crippen molar-refractivity contribution in [2.45, 2.75) is 33.3 Å². The third-order valence-corrected chi connectivity index (χ3v) is 2.63. The van der Waals surface area contributed by atoms with Gasteiger partial charge in [-0.2, -0.15) is 8.78 Å². The van der Waals surface area contributed by atoms with Gasteiger partial charge >= 0.3 is 6.61 Å². The van der Waals surface area contributed by atoms with Crippen molar-refractivity contribution in [2.24, 2.45) is 5.92 Å². The molecule has 1 aromatic rings. The van der Waals surface area contributed by atoms with Crippen molar-refractivity contribution in [3.63, 3.8) is 0 Å². The van der Waals surface area contributed by atoms with Crippen molar-refractivity contribution in [1.82, 2.24) is 0 Å². The first-order valence-corrected chi connectivity index (χ1v) is 5.61. The fourth-order valence-corrected chi connectivity index (χ4v) is 1.47. The van der Waals surface area contributed by atoms with Gasteiger partial charge in [-0.1, -0.05) is 32.4 Å². The van der Waals surface area contributed by atoms with Crippen LogP contribution in [0.1, 0.15) is 37.0 Å². The van der Waals surface area contributed by atoms with Gasteiger partial charge in [-0.25, -0.2) is 0 Å². The second-order valence-corrected chi connectivity index (χ2v) is 4.02. The summed E-state index contributed by atoms with van der Waals surface area (Å²) in [5, 5.41) is 0. The molecule has 0 aliphatic heterocycles. The van der Waals surface area contributed by atoms with Gasteiger partial charge in [-0.15, -0.1) is 0 Å². The Labute approximate surface area is 99.6 Å². The molecule has 0 saturated heterocycles. The quantitative estimate of drug-likeness (QED) is 0.707. The molecule has 0 aliphatic rings. The van der Waals surface area contributed by atoms with E-state index >= 15 is 0 Å². The number of para-hydroxylation sites is 1. The summed E-state index contributed by atoms with van der Waals surface area (Å²) in [4.78, 5) is 11.9. The Kier molecular flexibility index (Phi) is 5.07. The first-order valence-electron chi connectivity index (χ1n) is 5.61. The SMILES string of the molecule is CCC(C)CC(=O)c1ccccc1OC(F)F. The largest absolute Gasteiger partial charge is 0.434 e. The lowest BCUT2D eigenvalue weighted by molar-refractivity contribution is -0.0501. The van der Waals surface area contributed by atoms with Crippen molar-refractivity contribution < 1.29 is 18.3 Å². The van der Waals surface area contributed by atoms with Crippen LogP contribution in [0.15, 0.2) is 24.3 Å². The van der Waals surface area contributed by atoms with Gasteiger partial charge in [0, 0.05) is 6.42 Å². The van der Waals surface area contributed by atoms with Gasteiger partial charge in [-0.3, -0.25) is 4.79 Å². The fourth-order valence-electron chi connectivity index (χ4n) is 1.47. The molecule has 0 spiro atoms. The summed E-state index contributed by atoms with van der Waals surface area (Å²) in [6, 6.07) is 6.11. The standard InChI is InChI=1S/C13H16F2O2/c1-3-9(2)8-11(16)10-6-4-5-7-12(10)17-13(14)15/h4-7,9,13H,3,8H2,1-2H3. The monoisotopic (exact) mass is 242 g/mol. The number of ketones is 1. The molecule has 1 rings (SSSR count). The molecule has 0 fully saturated rings. The van der Waals surface area contributed by atoms with E-state index in [9.17, 15) is 13.6 Å². The molecule has 0 radical (unpaired) electrons. The predicted molar refractivity (Wildman–Crippen MR) is 61.5 cm³/mol.